The van der Waals surface area contributed by atoms with E-state index in [1.54, 1.807) is 12.1 Å². The smallest absolute Gasteiger partial charge is 0.243 e. The molecule has 5 nitrogen and oxygen atoms in total. The number of amides is 1. The number of benzene rings is 3. The summed E-state index contributed by atoms with van der Waals surface area (Å²) in [4.78, 5) is 12.2. The molecule has 1 amide bonds. The van der Waals surface area contributed by atoms with Gasteiger partial charge < -0.3 is 15.4 Å². The minimum Gasteiger partial charge on any atom is -0.489 e. The van der Waals surface area contributed by atoms with Crippen molar-refractivity contribution in [2.75, 3.05) is 17.2 Å². The highest BCUT2D eigenvalue weighted by atomic mass is 79.9. The number of ether oxygens (including phenoxy) is 1. The van der Waals surface area contributed by atoms with Gasteiger partial charge in [-0.25, -0.2) is 0 Å². The van der Waals surface area contributed by atoms with Crippen molar-refractivity contribution in [3.8, 4) is 11.8 Å². The molecule has 0 unspecified atom stereocenters. The van der Waals surface area contributed by atoms with Gasteiger partial charge in [0.15, 0.2) is 0 Å². The van der Waals surface area contributed by atoms with E-state index in [0.717, 1.165) is 27.0 Å². The van der Waals surface area contributed by atoms with Crippen molar-refractivity contribution < 1.29 is 9.53 Å². The van der Waals surface area contributed by atoms with Crippen molar-refractivity contribution in [3.63, 3.8) is 0 Å². The molecule has 0 aliphatic heterocycles. The Morgan fingerprint density at radius 1 is 1.10 bits per heavy atom. The zero-order chi connectivity index (χ0) is 20.6. The second kappa shape index (κ2) is 9.76. The summed E-state index contributed by atoms with van der Waals surface area (Å²) in [5.41, 5.74) is 4.09. The number of nitrogens with zero attached hydrogens (tertiary/aromatic N) is 1. The standard InChI is InChI=1S/C23H20BrN3O2/c1-16-10-19(24)8-9-22(16)27-23(28)14-26-20-6-3-7-21(12-20)29-15-18-5-2-4-17(11-18)13-25/h2-12,26H,14-15H2,1H3,(H,27,28). The molecule has 0 spiro atoms. The SMILES string of the molecule is Cc1cc(Br)ccc1NC(=O)CNc1cccc(OCc2cccc(C#N)c2)c1. The fourth-order valence-corrected chi connectivity index (χ4v) is 3.21. The fourth-order valence-electron chi connectivity index (χ4n) is 2.74. The summed E-state index contributed by atoms with van der Waals surface area (Å²) < 4.78 is 6.78. The van der Waals surface area contributed by atoms with Gasteiger partial charge in [-0.2, -0.15) is 5.26 Å². The minimum absolute atomic E-state index is 0.130. The number of halogens is 1. The summed E-state index contributed by atoms with van der Waals surface area (Å²) in [7, 11) is 0. The molecule has 0 fully saturated rings. The second-order valence-electron chi connectivity index (χ2n) is 6.49. The molecule has 6 heteroatoms. The van der Waals surface area contributed by atoms with Crippen molar-refractivity contribution in [2.45, 2.75) is 13.5 Å². The molecule has 0 aliphatic rings. The fraction of sp³-hybridized carbons (Fsp3) is 0.130. The van der Waals surface area contributed by atoms with Crippen LogP contribution in [0.2, 0.25) is 0 Å². The van der Waals surface area contributed by atoms with Gasteiger partial charge >= 0.3 is 0 Å². The minimum atomic E-state index is -0.130. The molecule has 3 aromatic rings. The number of hydrogen-bond donors (Lipinski definition) is 2. The van der Waals surface area contributed by atoms with E-state index >= 15 is 0 Å². The predicted octanol–water partition coefficient (Wildman–Crippen LogP) is 5.26. The molecule has 0 aliphatic carbocycles. The lowest BCUT2D eigenvalue weighted by molar-refractivity contribution is -0.114. The first-order valence-corrected chi connectivity index (χ1v) is 9.84. The Hall–Kier alpha value is -3.30. The third-order valence-electron chi connectivity index (χ3n) is 4.21. The molecular weight excluding hydrogens is 430 g/mol. The van der Waals surface area contributed by atoms with E-state index in [1.807, 2.05) is 61.5 Å². The van der Waals surface area contributed by atoms with Crippen molar-refractivity contribution in [3.05, 3.63) is 87.9 Å². The first-order chi connectivity index (χ1) is 14.0. The maximum Gasteiger partial charge on any atom is 0.243 e. The molecule has 2 N–H and O–H groups in total. The van der Waals surface area contributed by atoms with Gasteiger partial charge in [0.05, 0.1) is 18.2 Å². The average molecular weight is 450 g/mol. The number of anilines is 2. The Balaban J connectivity index is 1.54. The number of aryl methyl sites for hydroxylation is 1. The summed E-state index contributed by atoms with van der Waals surface area (Å²) in [5.74, 6) is 0.552. The zero-order valence-corrected chi connectivity index (χ0v) is 17.5. The van der Waals surface area contributed by atoms with Crippen LogP contribution in [-0.4, -0.2) is 12.5 Å². The van der Waals surface area contributed by atoms with Gasteiger partial charge in [-0.1, -0.05) is 34.1 Å². The third kappa shape index (κ3) is 6.09. The largest absolute Gasteiger partial charge is 0.489 e. The van der Waals surface area contributed by atoms with Crippen molar-refractivity contribution >= 4 is 33.2 Å². The molecule has 146 valence electrons. The Kier molecular flexibility index (Phi) is 6.88. The molecule has 0 aromatic heterocycles. The summed E-state index contributed by atoms with van der Waals surface area (Å²) in [6, 6.07) is 22.6. The van der Waals surface area contributed by atoms with E-state index in [1.165, 1.54) is 0 Å². The van der Waals surface area contributed by atoms with Crippen molar-refractivity contribution in [2.24, 2.45) is 0 Å². The highest BCUT2D eigenvalue weighted by Crippen LogP contribution is 2.21. The van der Waals surface area contributed by atoms with E-state index in [9.17, 15) is 4.79 Å². The van der Waals surface area contributed by atoms with Crippen molar-refractivity contribution in [1.82, 2.24) is 0 Å². The van der Waals surface area contributed by atoms with Crippen LogP contribution in [-0.2, 0) is 11.4 Å². The van der Waals surface area contributed by atoms with Crippen LogP contribution in [0.5, 0.6) is 5.75 Å². The molecule has 3 aromatic carbocycles. The van der Waals surface area contributed by atoms with Crippen LogP contribution in [0.4, 0.5) is 11.4 Å². The lowest BCUT2D eigenvalue weighted by Crippen LogP contribution is -2.22. The van der Waals surface area contributed by atoms with E-state index in [2.05, 4.69) is 32.6 Å². The number of hydrogen-bond acceptors (Lipinski definition) is 4. The molecule has 0 atom stereocenters. The molecule has 0 saturated heterocycles. The number of nitriles is 1. The maximum atomic E-state index is 12.2. The quantitative estimate of drug-likeness (QED) is 0.515. The molecule has 3 rings (SSSR count). The molecule has 0 radical (unpaired) electrons. The van der Waals surface area contributed by atoms with E-state index < -0.39 is 0 Å². The summed E-state index contributed by atoms with van der Waals surface area (Å²) in [6.07, 6.45) is 0. The molecule has 29 heavy (non-hydrogen) atoms. The van der Waals surface area contributed by atoms with Gasteiger partial charge in [0, 0.05) is 21.9 Å². The monoisotopic (exact) mass is 449 g/mol. The third-order valence-corrected chi connectivity index (χ3v) is 4.70. The maximum absolute atomic E-state index is 12.2. The molecule has 0 bridgehead atoms. The first-order valence-electron chi connectivity index (χ1n) is 9.05. The Labute approximate surface area is 178 Å². The van der Waals surface area contributed by atoms with Gasteiger partial charge in [0.25, 0.3) is 0 Å². The van der Waals surface area contributed by atoms with Crippen LogP contribution in [0, 0.1) is 18.3 Å². The number of rotatable bonds is 7. The summed E-state index contributed by atoms with van der Waals surface area (Å²) in [5, 5.41) is 15.0. The summed E-state index contributed by atoms with van der Waals surface area (Å²) in [6.45, 7) is 2.45. The molecular formula is C23H20BrN3O2. The van der Waals surface area contributed by atoms with Crippen LogP contribution in [0.3, 0.4) is 0 Å². The van der Waals surface area contributed by atoms with Gasteiger partial charge in [0.1, 0.15) is 12.4 Å². The highest BCUT2D eigenvalue weighted by Gasteiger charge is 2.06. The van der Waals surface area contributed by atoms with Gasteiger partial charge in [-0.15, -0.1) is 0 Å². The first kappa shape index (κ1) is 20.4. The summed E-state index contributed by atoms with van der Waals surface area (Å²) >= 11 is 3.41. The lowest BCUT2D eigenvalue weighted by Gasteiger charge is -2.12. The Morgan fingerprint density at radius 3 is 2.72 bits per heavy atom. The molecule has 0 saturated carbocycles. The van der Waals surface area contributed by atoms with Crippen LogP contribution in [0.15, 0.2) is 71.2 Å². The van der Waals surface area contributed by atoms with Gasteiger partial charge in [-0.3, -0.25) is 4.79 Å². The Morgan fingerprint density at radius 2 is 1.93 bits per heavy atom. The van der Waals surface area contributed by atoms with Crippen LogP contribution in [0.1, 0.15) is 16.7 Å². The second-order valence-corrected chi connectivity index (χ2v) is 7.41. The zero-order valence-electron chi connectivity index (χ0n) is 15.9. The van der Waals surface area contributed by atoms with Crippen LogP contribution in [0.25, 0.3) is 0 Å². The van der Waals surface area contributed by atoms with Crippen LogP contribution < -0.4 is 15.4 Å². The average Bonchev–Trinajstić information content (AvgIpc) is 2.73. The van der Waals surface area contributed by atoms with Gasteiger partial charge in [0.2, 0.25) is 5.91 Å². The van der Waals surface area contributed by atoms with E-state index in [-0.39, 0.29) is 12.5 Å². The lowest BCUT2D eigenvalue weighted by atomic mass is 10.1. The normalized spacial score (nSPS) is 10.1. The predicted molar refractivity (Wildman–Crippen MR) is 118 cm³/mol. The van der Waals surface area contributed by atoms with Crippen LogP contribution >= 0.6 is 15.9 Å². The van der Waals surface area contributed by atoms with Crippen molar-refractivity contribution in [1.29, 1.82) is 5.26 Å². The number of carbonyl (C=O) groups excluding carboxylic acids is 1. The van der Waals surface area contributed by atoms with Gasteiger partial charge in [-0.05, 0) is 60.5 Å². The number of carbonyl (C=O) groups is 1. The Bertz CT molecular complexity index is 1060. The topological polar surface area (TPSA) is 74.2 Å². The number of nitrogens with one attached hydrogen (secondary N) is 2. The highest BCUT2D eigenvalue weighted by molar-refractivity contribution is 9.10. The molecule has 0 heterocycles. The van der Waals surface area contributed by atoms with E-state index in [0.29, 0.717) is 17.9 Å². The van der Waals surface area contributed by atoms with E-state index in [4.69, 9.17) is 10.00 Å².